The first-order valence-electron chi connectivity index (χ1n) is 10.9. The lowest BCUT2D eigenvalue weighted by Crippen LogP contribution is -2.29. The summed E-state index contributed by atoms with van der Waals surface area (Å²) in [6.45, 7) is 1.76. The van der Waals surface area contributed by atoms with Crippen molar-refractivity contribution in [3.05, 3.63) is 89.0 Å². The number of anilines is 2. The Morgan fingerprint density at radius 3 is 2.66 bits per heavy atom. The van der Waals surface area contributed by atoms with Crippen LogP contribution in [-0.2, 0) is 32.7 Å². The molecule has 2 N–H and O–H groups in total. The van der Waals surface area contributed by atoms with Gasteiger partial charge in [0.25, 0.3) is 10.0 Å². The van der Waals surface area contributed by atoms with E-state index in [1.807, 2.05) is 36.4 Å². The minimum Gasteiger partial charge on any atom is -0.378 e. The van der Waals surface area contributed by atoms with E-state index in [9.17, 15) is 8.42 Å². The fourth-order valence-corrected chi connectivity index (χ4v) is 6.14. The minimum atomic E-state index is -3.73. The highest BCUT2D eigenvalue weighted by atomic mass is 32.2. The van der Waals surface area contributed by atoms with Gasteiger partial charge in [-0.3, -0.25) is 4.72 Å². The molecule has 3 aromatic rings. The Morgan fingerprint density at radius 2 is 1.78 bits per heavy atom. The quantitative estimate of drug-likeness (QED) is 0.602. The van der Waals surface area contributed by atoms with E-state index in [1.54, 1.807) is 18.2 Å². The molecule has 1 fully saturated rings. The molecule has 32 heavy (non-hydrogen) atoms. The van der Waals surface area contributed by atoms with Crippen LogP contribution in [0.15, 0.2) is 71.6 Å². The third-order valence-corrected chi connectivity index (χ3v) is 8.03. The second kappa shape index (κ2) is 7.62. The highest BCUT2D eigenvalue weighted by molar-refractivity contribution is 7.92. The first kappa shape index (κ1) is 19.8. The van der Waals surface area contributed by atoms with Crippen LogP contribution >= 0.6 is 0 Å². The number of hydrogen-bond donors (Lipinski definition) is 2. The summed E-state index contributed by atoms with van der Waals surface area (Å²) in [5.41, 5.74) is 5.72. The van der Waals surface area contributed by atoms with Crippen LogP contribution in [0.3, 0.4) is 0 Å². The normalized spacial score (nSPS) is 23.7. The molecule has 1 saturated heterocycles. The summed E-state index contributed by atoms with van der Waals surface area (Å²) < 4.78 is 40.6. The van der Waals surface area contributed by atoms with Crippen molar-refractivity contribution >= 4 is 21.4 Å². The lowest BCUT2D eigenvalue weighted by molar-refractivity contribution is 0.0827. The van der Waals surface area contributed by atoms with E-state index in [2.05, 4.69) is 22.2 Å². The number of nitrogens with one attached hydrogen (secondary N) is 2. The van der Waals surface area contributed by atoms with Crippen molar-refractivity contribution < 1.29 is 17.9 Å². The number of fused-ring (bicyclic) bond motifs is 4. The van der Waals surface area contributed by atoms with E-state index >= 15 is 0 Å². The van der Waals surface area contributed by atoms with E-state index in [1.165, 1.54) is 5.56 Å². The smallest absolute Gasteiger partial charge is 0.261 e. The summed E-state index contributed by atoms with van der Waals surface area (Å²) in [7, 11) is -3.73. The molecule has 0 aromatic heterocycles. The first-order chi connectivity index (χ1) is 15.6. The first-order valence-corrected chi connectivity index (χ1v) is 12.4. The molecule has 0 saturated carbocycles. The Bertz CT molecular complexity index is 1280. The van der Waals surface area contributed by atoms with E-state index in [0.717, 1.165) is 28.8 Å². The average Bonchev–Trinajstić information content (AvgIpc) is 3.48. The molecule has 7 heteroatoms. The van der Waals surface area contributed by atoms with Gasteiger partial charge in [0.05, 0.1) is 30.3 Å². The van der Waals surface area contributed by atoms with Crippen molar-refractivity contribution in [1.29, 1.82) is 0 Å². The average molecular weight is 449 g/mol. The topological polar surface area (TPSA) is 76.7 Å². The molecule has 6 rings (SSSR count). The molecule has 0 spiro atoms. The van der Waals surface area contributed by atoms with Crippen LogP contribution in [-0.4, -0.2) is 15.0 Å². The zero-order valence-electron chi connectivity index (χ0n) is 17.5. The molecule has 3 aliphatic heterocycles. The highest BCUT2D eigenvalue weighted by Gasteiger charge is 2.41. The summed E-state index contributed by atoms with van der Waals surface area (Å²) in [6.07, 6.45) is 0.812. The molecule has 3 aromatic carbocycles. The molecule has 0 bridgehead atoms. The molecule has 6 nitrogen and oxygen atoms in total. The number of sulfonamides is 1. The van der Waals surface area contributed by atoms with Gasteiger partial charge in [0.1, 0.15) is 0 Å². The van der Waals surface area contributed by atoms with Crippen LogP contribution in [0.1, 0.15) is 40.8 Å². The van der Waals surface area contributed by atoms with Crippen LogP contribution in [0.5, 0.6) is 0 Å². The zero-order valence-corrected chi connectivity index (χ0v) is 18.3. The molecular formula is C25H24N2O4S. The van der Waals surface area contributed by atoms with Gasteiger partial charge in [-0.25, -0.2) is 8.42 Å². The van der Waals surface area contributed by atoms with Crippen molar-refractivity contribution in [2.75, 3.05) is 16.6 Å². The molecule has 3 atom stereocenters. The van der Waals surface area contributed by atoms with Gasteiger partial charge in [-0.1, -0.05) is 36.4 Å². The zero-order chi connectivity index (χ0) is 21.7. The van der Waals surface area contributed by atoms with Gasteiger partial charge in [-0.05, 0) is 53.4 Å². The SMILES string of the molecule is O=S(=O)(Nc1ccc2c(c1)COC2)c1ccc2c(c1)[C@H]1OCC[C@H]1C(c1ccccc1)N2. The number of hydrogen-bond acceptors (Lipinski definition) is 5. The van der Waals surface area contributed by atoms with Crippen molar-refractivity contribution in [3.8, 4) is 0 Å². The van der Waals surface area contributed by atoms with Gasteiger partial charge in [-0.2, -0.15) is 0 Å². The van der Waals surface area contributed by atoms with Gasteiger partial charge in [0.15, 0.2) is 0 Å². The number of ether oxygens (including phenoxy) is 2. The van der Waals surface area contributed by atoms with Crippen molar-refractivity contribution in [3.63, 3.8) is 0 Å². The molecule has 164 valence electrons. The monoisotopic (exact) mass is 448 g/mol. The second-order valence-electron chi connectivity index (χ2n) is 8.61. The largest absolute Gasteiger partial charge is 0.378 e. The molecule has 3 heterocycles. The number of benzene rings is 3. The maximum absolute atomic E-state index is 13.2. The van der Waals surface area contributed by atoms with Gasteiger partial charge in [-0.15, -0.1) is 0 Å². The van der Waals surface area contributed by atoms with Crippen LogP contribution in [0.4, 0.5) is 11.4 Å². The predicted octanol–water partition coefficient (Wildman–Crippen LogP) is 4.76. The van der Waals surface area contributed by atoms with Crippen molar-refractivity contribution in [1.82, 2.24) is 0 Å². The Morgan fingerprint density at radius 1 is 0.938 bits per heavy atom. The Balaban J connectivity index is 1.32. The molecule has 0 aliphatic carbocycles. The van der Waals surface area contributed by atoms with Gasteiger partial charge in [0.2, 0.25) is 0 Å². The minimum absolute atomic E-state index is 0.122. The fraction of sp³-hybridized carbons (Fsp3) is 0.280. The standard InChI is InChI=1S/C25H24N2O4S/c28-32(29,27-19-7-6-17-14-30-15-18(17)12-19)20-8-9-23-22(13-20)25-21(10-11-31-25)24(26-23)16-4-2-1-3-5-16/h1-9,12-13,21,24-27H,10-11,14-15H2/t21-,24?,25-/m0/s1. The molecule has 3 aliphatic rings. The maximum Gasteiger partial charge on any atom is 0.261 e. The van der Waals surface area contributed by atoms with E-state index < -0.39 is 10.0 Å². The molecular weight excluding hydrogens is 424 g/mol. The lowest BCUT2D eigenvalue weighted by Gasteiger charge is -2.36. The molecule has 0 amide bonds. The van der Waals surface area contributed by atoms with Gasteiger partial charge in [0, 0.05) is 29.5 Å². The van der Waals surface area contributed by atoms with E-state index in [-0.39, 0.29) is 23.0 Å². The highest BCUT2D eigenvalue weighted by Crippen LogP contribution is 2.50. The third-order valence-electron chi connectivity index (χ3n) is 6.65. The Labute approximate surface area is 187 Å². The second-order valence-corrected chi connectivity index (χ2v) is 10.3. The van der Waals surface area contributed by atoms with E-state index in [4.69, 9.17) is 9.47 Å². The lowest BCUT2D eigenvalue weighted by atomic mass is 9.81. The Hall–Kier alpha value is -2.87. The van der Waals surface area contributed by atoms with Crippen LogP contribution in [0.2, 0.25) is 0 Å². The number of rotatable bonds is 4. The summed E-state index contributed by atoms with van der Waals surface area (Å²) in [4.78, 5) is 0.238. The maximum atomic E-state index is 13.2. The summed E-state index contributed by atoms with van der Waals surface area (Å²) in [5.74, 6) is 0.257. The summed E-state index contributed by atoms with van der Waals surface area (Å²) >= 11 is 0. The van der Waals surface area contributed by atoms with Crippen molar-refractivity contribution in [2.45, 2.75) is 36.7 Å². The van der Waals surface area contributed by atoms with Crippen LogP contribution in [0, 0.1) is 5.92 Å². The third kappa shape index (κ3) is 3.37. The molecule has 0 radical (unpaired) electrons. The summed E-state index contributed by atoms with van der Waals surface area (Å²) in [5, 5.41) is 3.63. The fourth-order valence-electron chi connectivity index (χ4n) is 5.06. The van der Waals surface area contributed by atoms with E-state index in [0.29, 0.717) is 25.5 Å². The summed E-state index contributed by atoms with van der Waals surface area (Å²) in [6, 6.07) is 21.3. The van der Waals surface area contributed by atoms with Gasteiger partial charge < -0.3 is 14.8 Å². The predicted molar refractivity (Wildman–Crippen MR) is 122 cm³/mol. The van der Waals surface area contributed by atoms with Crippen LogP contribution < -0.4 is 10.0 Å². The van der Waals surface area contributed by atoms with Crippen molar-refractivity contribution in [2.24, 2.45) is 5.92 Å². The molecule has 1 unspecified atom stereocenters. The van der Waals surface area contributed by atoms with Gasteiger partial charge >= 0.3 is 0 Å². The Kier molecular flexibility index (Phi) is 4.71. The van der Waals surface area contributed by atoms with Crippen LogP contribution in [0.25, 0.3) is 0 Å².